The van der Waals surface area contributed by atoms with Gasteiger partial charge >= 0.3 is 0 Å². The van der Waals surface area contributed by atoms with Crippen LogP contribution in [0.25, 0.3) is 0 Å². The predicted octanol–water partition coefficient (Wildman–Crippen LogP) is -0.534. The molecule has 0 spiro atoms. The molecule has 0 fully saturated rings. The molecule has 0 unspecified atom stereocenters. The van der Waals surface area contributed by atoms with Crippen molar-refractivity contribution in [1.29, 1.82) is 0 Å². The highest BCUT2D eigenvalue weighted by molar-refractivity contribution is 4.74. The maximum atomic E-state index is 9.18. The van der Waals surface area contributed by atoms with Crippen molar-refractivity contribution >= 4 is 0 Å². The normalized spacial score (nSPS) is 12.0. The van der Waals surface area contributed by atoms with Crippen LogP contribution in [0, 0.1) is 0 Å². The molecule has 0 heterocycles. The Bertz CT molecular complexity index is 180. The Hall–Kier alpha value is -0.240. The third-order valence-electron chi connectivity index (χ3n) is 3.46. The molecule has 0 aromatic carbocycles. The van der Waals surface area contributed by atoms with Gasteiger partial charge in [-0.3, -0.25) is 9.80 Å². The van der Waals surface area contributed by atoms with Gasteiger partial charge in [-0.2, -0.15) is 0 Å². The van der Waals surface area contributed by atoms with Crippen molar-refractivity contribution in [3.05, 3.63) is 0 Å². The van der Waals surface area contributed by atoms with Crippen LogP contribution in [0.5, 0.6) is 0 Å². The summed E-state index contributed by atoms with van der Waals surface area (Å²) in [6.45, 7) is 4.26. The first-order valence-corrected chi connectivity index (χ1v) is 7.66. The summed E-state index contributed by atoms with van der Waals surface area (Å²) in [5.41, 5.74) is 0. The first-order valence-electron chi connectivity index (χ1n) is 7.66. The van der Waals surface area contributed by atoms with Crippen molar-refractivity contribution < 1.29 is 20.4 Å². The molecule has 6 nitrogen and oxygen atoms in total. The Labute approximate surface area is 122 Å². The number of aliphatic hydroxyl groups is 4. The molecule has 0 saturated heterocycles. The average Bonchev–Trinajstić information content (AvgIpc) is 2.44. The van der Waals surface area contributed by atoms with E-state index in [1.54, 1.807) is 0 Å². The summed E-state index contributed by atoms with van der Waals surface area (Å²) in [6, 6.07) is 0. The molecule has 20 heavy (non-hydrogen) atoms. The van der Waals surface area contributed by atoms with Crippen LogP contribution in [0.3, 0.4) is 0 Å². The molecule has 6 heteroatoms. The molecule has 0 aromatic rings. The number of hydrogen-bond donors (Lipinski definition) is 4. The lowest BCUT2D eigenvalue weighted by atomic mass is 10.1. The quantitative estimate of drug-likeness (QED) is 0.254. The Morgan fingerprint density at radius 1 is 0.700 bits per heavy atom. The number of unbranched alkanes of at least 4 members (excludes halogenated alkanes) is 2. The van der Waals surface area contributed by atoms with Gasteiger partial charge in [0.05, 0.1) is 32.6 Å². The topological polar surface area (TPSA) is 87.4 Å². The van der Waals surface area contributed by atoms with Crippen molar-refractivity contribution in [3.63, 3.8) is 0 Å². The zero-order chi connectivity index (χ0) is 15.2. The first-order chi connectivity index (χ1) is 9.74. The summed E-state index contributed by atoms with van der Waals surface area (Å²) in [5.74, 6) is 0. The zero-order valence-corrected chi connectivity index (χ0v) is 12.7. The maximum absolute atomic E-state index is 9.18. The van der Waals surface area contributed by atoms with E-state index in [1.165, 1.54) is 0 Å². The average molecular weight is 292 g/mol. The highest BCUT2D eigenvalue weighted by Gasteiger charge is 2.23. The van der Waals surface area contributed by atoms with Crippen LogP contribution in [-0.4, -0.2) is 89.0 Å². The van der Waals surface area contributed by atoms with Gasteiger partial charge < -0.3 is 20.4 Å². The second kappa shape index (κ2) is 13.7. The monoisotopic (exact) mass is 292 g/mol. The van der Waals surface area contributed by atoms with E-state index in [0.717, 1.165) is 25.7 Å². The van der Waals surface area contributed by atoms with Crippen molar-refractivity contribution in [2.45, 2.75) is 38.8 Å². The van der Waals surface area contributed by atoms with Crippen LogP contribution >= 0.6 is 0 Å². The Kier molecular flexibility index (Phi) is 13.6. The van der Waals surface area contributed by atoms with E-state index in [9.17, 15) is 20.4 Å². The number of aliphatic hydroxyl groups excluding tert-OH is 4. The van der Waals surface area contributed by atoms with Crippen LogP contribution in [-0.2, 0) is 0 Å². The molecular weight excluding hydrogens is 260 g/mol. The second-order valence-corrected chi connectivity index (χ2v) is 4.94. The van der Waals surface area contributed by atoms with Gasteiger partial charge in [0.2, 0.25) is 0 Å². The largest absolute Gasteiger partial charge is 0.395 e. The van der Waals surface area contributed by atoms with Crippen molar-refractivity contribution in [3.8, 4) is 0 Å². The summed E-state index contributed by atoms with van der Waals surface area (Å²) in [6.07, 6.45) is 4.28. The molecule has 0 aliphatic carbocycles. The van der Waals surface area contributed by atoms with Crippen LogP contribution in [0.4, 0.5) is 0 Å². The van der Waals surface area contributed by atoms with Gasteiger partial charge in [-0.15, -0.1) is 0 Å². The van der Waals surface area contributed by atoms with E-state index < -0.39 is 0 Å². The van der Waals surface area contributed by atoms with Gasteiger partial charge in [-0.1, -0.05) is 26.2 Å². The van der Waals surface area contributed by atoms with Crippen LogP contribution < -0.4 is 0 Å². The van der Waals surface area contributed by atoms with E-state index in [4.69, 9.17) is 0 Å². The summed E-state index contributed by atoms with van der Waals surface area (Å²) in [4.78, 5) is 4.06. The summed E-state index contributed by atoms with van der Waals surface area (Å²) in [7, 11) is 0. The first kappa shape index (κ1) is 19.8. The molecule has 0 atom stereocenters. The molecular formula is C14H32N2O4. The van der Waals surface area contributed by atoms with E-state index in [0.29, 0.717) is 26.2 Å². The number of rotatable bonds is 14. The molecule has 122 valence electrons. The Balaban J connectivity index is 4.76. The van der Waals surface area contributed by atoms with Gasteiger partial charge in [-0.05, 0) is 6.42 Å². The van der Waals surface area contributed by atoms with E-state index in [-0.39, 0.29) is 32.6 Å². The van der Waals surface area contributed by atoms with Gasteiger partial charge in [0, 0.05) is 26.2 Å². The predicted molar refractivity (Wildman–Crippen MR) is 79.4 cm³/mol. The third-order valence-corrected chi connectivity index (χ3v) is 3.46. The van der Waals surface area contributed by atoms with Gasteiger partial charge in [0.1, 0.15) is 0 Å². The smallest absolute Gasteiger partial charge is 0.0625 e. The van der Waals surface area contributed by atoms with Crippen LogP contribution in [0.1, 0.15) is 32.6 Å². The fourth-order valence-corrected chi connectivity index (χ4v) is 2.51. The molecule has 0 aliphatic heterocycles. The Morgan fingerprint density at radius 2 is 1.10 bits per heavy atom. The number of nitrogens with zero attached hydrogens (tertiary/aromatic N) is 2. The minimum absolute atomic E-state index is 0.0381. The molecule has 0 saturated carbocycles. The SMILES string of the molecule is CCCCCC(N(CCO)CCO)N(CCO)CCO. The van der Waals surface area contributed by atoms with Gasteiger partial charge in [0.25, 0.3) is 0 Å². The molecule has 0 aliphatic rings. The Morgan fingerprint density at radius 3 is 1.40 bits per heavy atom. The lowest BCUT2D eigenvalue weighted by molar-refractivity contribution is -0.00193. The minimum Gasteiger partial charge on any atom is -0.395 e. The molecule has 4 N–H and O–H groups in total. The van der Waals surface area contributed by atoms with E-state index in [1.807, 2.05) is 9.80 Å². The minimum atomic E-state index is 0.0381. The zero-order valence-electron chi connectivity index (χ0n) is 12.7. The lowest BCUT2D eigenvalue weighted by Gasteiger charge is -2.39. The fraction of sp³-hybridized carbons (Fsp3) is 1.00. The summed E-state index contributed by atoms with van der Waals surface area (Å²) < 4.78 is 0. The summed E-state index contributed by atoms with van der Waals surface area (Å²) >= 11 is 0. The second-order valence-electron chi connectivity index (χ2n) is 4.94. The molecule has 0 aromatic heterocycles. The maximum Gasteiger partial charge on any atom is 0.0625 e. The highest BCUT2D eigenvalue weighted by atomic mass is 16.3. The van der Waals surface area contributed by atoms with Crippen molar-refractivity contribution in [1.82, 2.24) is 9.80 Å². The fourth-order valence-electron chi connectivity index (χ4n) is 2.51. The summed E-state index contributed by atoms with van der Waals surface area (Å²) in [5, 5.41) is 36.7. The van der Waals surface area contributed by atoms with Gasteiger partial charge in [0.15, 0.2) is 0 Å². The standard InChI is InChI=1S/C14H32N2O4/c1-2-3-4-5-14(15(6-10-17)7-11-18)16(8-12-19)9-13-20/h14,17-20H,2-13H2,1H3. The molecule has 0 rings (SSSR count). The van der Waals surface area contributed by atoms with Crippen LogP contribution in [0.15, 0.2) is 0 Å². The van der Waals surface area contributed by atoms with Gasteiger partial charge in [-0.25, -0.2) is 0 Å². The van der Waals surface area contributed by atoms with Crippen molar-refractivity contribution in [2.24, 2.45) is 0 Å². The highest BCUT2D eigenvalue weighted by Crippen LogP contribution is 2.14. The van der Waals surface area contributed by atoms with E-state index in [2.05, 4.69) is 6.92 Å². The third kappa shape index (κ3) is 8.14. The number of hydrogen-bond acceptors (Lipinski definition) is 6. The lowest BCUT2D eigenvalue weighted by Crippen LogP contribution is -2.52. The van der Waals surface area contributed by atoms with Crippen LogP contribution in [0.2, 0.25) is 0 Å². The molecule has 0 radical (unpaired) electrons. The van der Waals surface area contributed by atoms with E-state index >= 15 is 0 Å². The van der Waals surface area contributed by atoms with Crippen molar-refractivity contribution in [2.75, 3.05) is 52.6 Å². The molecule has 0 bridgehead atoms. The molecule has 0 amide bonds.